The van der Waals surface area contributed by atoms with Gasteiger partial charge >= 0.3 is 0 Å². The first-order valence-electron chi connectivity index (χ1n) is 8.45. The predicted molar refractivity (Wildman–Crippen MR) is 91.4 cm³/mol. The molecule has 8 nitrogen and oxygen atoms in total. The number of carbonyl (C=O) groups is 2. The highest BCUT2D eigenvalue weighted by Gasteiger charge is 2.29. The molecule has 25 heavy (non-hydrogen) atoms. The van der Waals surface area contributed by atoms with Crippen molar-refractivity contribution >= 4 is 11.8 Å². The summed E-state index contributed by atoms with van der Waals surface area (Å²) in [5, 5.41) is 12.2. The summed E-state index contributed by atoms with van der Waals surface area (Å²) in [4.78, 5) is 26.9. The average molecular weight is 342 g/mol. The molecule has 0 bridgehead atoms. The molecule has 132 valence electrons. The summed E-state index contributed by atoms with van der Waals surface area (Å²) in [7, 11) is 0. The van der Waals surface area contributed by atoms with Gasteiger partial charge in [0.05, 0.1) is 0 Å². The molecule has 8 heteroatoms. The van der Waals surface area contributed by atoms with Crippen LogP contribution >= 0.6 is 0 Å². The van der Waals surface area contributed by atoms with Gasteiger partial charge in [-0.15, -0.1) is 10.2 Å². The van der Waals surface area contributed by atoms with Crippen molar-refractivity contribution in [3.63, 3.8) is 0 Å². The van der Waals surface area contributed by atoms with E-state index in [1.54, 1.807) is 24.3 Å². The number of tetrazole rings is 1. The molecule has 2 atom stereocenters. The van der Waals surface area contributed by atoms with Gasteiger partial charge in [0.1, 0.15) is 6.54 Å². The zero-order valence-corrected chi connectivity index (χ0v) is 14.4. The van der Waals surface area contributed by atoms with Crippen molar-refractivity contribution in [1.29, 1.82) is 0 Å². The molecule has 1 aromatic heterocycles. The van der Waals surface area contributed by atoms with Crippen LogP contribution in [0.1, 0.15) is 43.5 Å². The van der Waals surface area contributed by atoms with Crippen LogP contribution in [-0.4, -0.2) is 49.0 Å². The van der Waals surface area contributed by atoms with E-state index < -0.39 is 5.91 Å². The van der Waals surface area contributed by atoms with Gasteiger partial charge in [-0.25, -0.2) is 0 Å². The quantitative estimate of drug-likeness (QED) is 0.899. The zero-order chi connectivity index (χ0) is 18.0. The van der Waals surface area contributed by atoms with E-state index in [9.17, 15) is 9.59 Å². The third-order valence-electron chi connectivity index (χ3n) is 4.64. The van der Waals surface area contributed by atoms with Crippen molar-refractivity contribution in [1.82, 2.24) is 25.1 Å². The summed E-state index contributed by atoms with van der Waals surface area (Å²) in [6, 6.07) is 7.11. The molecule has 1 saturated heterocycles. The standard InChI is InChI=1S/C17H22N6O2/c1-11-4-3-5-12(2)23(11)15(24)10-22-20-17(19-21-22)14-8-6-13(7-9-14)16(18)25/h6-9,11-12H,3-5,10H2,1-2H3,(H2,18,25)/t11-,12-/m0/s1. The summed E-state index contributed by atoms with van der Waals surface area (Å²) in [6.45, 7) is 4.23. The van der Waals surface area contributed by atoms with Gasteiger partial charge in [-0.05, 0) is 50.5 Å². The molecule has 1 fully saturated rings. The second-order valence-corrected chi connectivity index (χ2v) is 6.52. The minimum atomic E-state index is -0.487. The number of aromatic nitrogens is 4. The first kappa shape index (κ1) is 17.1. The predicted octanol–water partition coefficient (Wildman–Crippen LogP) is 1.23. The SMILES string of the molecule is C[C@H]1CCC[C@H](C)N1C(=O)Cn1nnc(-c2ccc(C(N)=O)cc2)n1. The van der Waals surface area contributed by atoms with Crippen molar-refractivity contribution in [2.45, 2.75) is 51.7 Å². The summed E-state index contributed by atoms with van der Waals surface area (Å²) in [6.07, 6.45) is 3.20. The van der Waals surface area contributed by atoms with E-state index in [0.717, 1.165) is 19.3 Å². The van der Waals surface area contributed by atoms with E-state index in [2.05, 4.69) is 29.3 Å². The lowest BCUT2D eigenvalue weighted by Gasteiger charge is -2.38. The molecule has 2 aromatic rings. The second kappa shape index (κ2) is 7.00. The van der Waals surface area contributed by atoms with Crippen LogP contribution in [0.15, 0.2) is 24.3 Å². The fraction of sp³-hybridized carbons (Fsp3) is 0.471. The third kappa shape index (κ3) is 3.67. The van der Waals surface area contributed by atoms with Gasteiger partial charge in [-0.1, -0.05) is 12.1 Å². The van der Waals surface area contributed by atoms with Gasteiger partial charge in [0, 0.05) is 23.2 Å². The van der Waals surface area contributed by atoms with Crippen LogP contribution in [0, 0.1) is 0 Å². The molecule has 1 aliphatic rings. The highest BCUT2D eigenvalue weighted by atomic mass is 16.2. The van der Waals surface area contributed by atoms with Crippen LogP contribution in [0.2, 0.25) is 0 Å². The van der Waals surface area contributed by atoms with E-state index in [4.69, 9.17) is 5.73 Å². The van der Waals surface area contributed by atoms with E-state index in [0.29, 0.717) is 17.0 Å². The Morgan fingerprint density at radius 2 is 1.80 bits per heavy atom. The molecular formula is C17H22N6O2. The monoisotopic (exact) mass is 342 g/mol. The summed E-state index contributed by atoms with van der Waals surface area (Å²) >= 11 is 0. The molecule has 0 aliphatic carbocycles. The van der Waals surface area contributed by atoms with Crippen LogP contribution < -0.4 is 5.73 Å². The fourth-order valence-electron chi connectivity index (χ4n) is 3.32. The normalized spacial score (nSPS) is 20.5. The Morgan fingerprint density at radius 3 is 2.40 bits per heavy atom. The molecule has 1 aliphatic heterocycles. The summed E-state index contributed by atoms with van der Waals surface area (Å²) < 4.78 is 0. The van der Waals surface area contributed by atoms with Gasteiger partial charge in [-0.2, -0.15) is 4.80 Å². The van der Waals surface area contributed by atoms with Crippen molar-refractivity contribution in [3.05, 3.63) is 29.8 Å². The van der Waals surface area contributed by atoms with Gasteiger partial charge < -0.3 is 10.6 Å². The van der Waals surface area contributed by atoms with E-state index in [-0.39, 0.29) is 24.5 Å². The van der Waals surface area contributed by atoms with Crippen molar-refractivity contribution in [3.8, 4) is 11.4 Å². The van der Waals surface area contributed by atoms with Crippen LogP contribution in [0.4, 0.5) is 0 Å². The number of piperidine rings is 1. The minimum Gasteiger partial charge on any atom is -0.366 e. The first-order chi connectivity index (χ1) is 12.0. The molecule has 2 N–H and O–H groups in total. The first-order valence-corrected chi connectivity index (χ1v) is 8.45. The third-order valence-corrected chi connectivity index (χ3v) is 4.64. The Morgan fingerprint density at radius 1 is 1.16 bits per heavy atom. The van der Waals surface area contributed by atoms with Crippen LogP contribution in [-0.2, 0) is 11.3 Å². The molecule has 2 amide bonds. The van der Waals surface area contributed by atoms with E-state index in [1.165, 1.54) is 4.80 Å². The van der Waals surface area contributed by atoms with Crippen molar-refractivity contribution < 1.29 is 9.59 Å². The summed E-state index contributed by atoms with van der Waals surface area (Å²) in [5.74, 6) is -0.0742. The molecule has 2 heterocycles. The molecule has 1 aromatic carbocycles. The number of carbonyl (C=O) groups excluding carboxylic acids is 2. The largest absolute Gasteiger partial charge is 0.366 e. The number of likely N-dealkylation sites (tertiary alicyclic amines) is 1. The Bertz CT molecular complexity index is 760. The fourth-order valence-corrected chi connectivity index (χ4v) is 3.32. The molecule has 3 rings (SSSR count). The Kier molecular flexibility index (Phi) is 4.78. The number of nitrogens with two attached hydrogens (primary N) is 1. The number of amides is 2. The van der Waals surface area contributed by atoms with Gasteiger partial charge in [-0.3, -0.25) is 9.59 Å². The Labute approximate surface area is 146 Å². The number of primary amides is 1. The number of benzene rings is 1. The highest BCUT2D eigenvalue weighted by Crippen LogP contribution is 2.22. The Hall–Kier alpha value is -2.77. The number of nitrogens with zero attached hydrogens (tertiary/aromatic N) is 5. The topological polar surface area (TPSA) is 107 Å². The maximum Gasteiger partial charge on any atom is 0.248 e. The van der Waals surface area contributed by atoms with Gasteiger partial charge in [0.15, 0.2) is 0 Å². The van der Waals surface area contributed by atoms with Gasteiger partial charge in [0.25, 0.3) is 0 Å². The molecule has 0 spiro atoms. The smallest absolute Gasteiger partial charge is 0.248 e. The van der Waals surface area contributed by atoms with Crippen LogP contribution in [0.25, 0.3) is 11.4 Å². The second-order valence-electron chi connectivity index (χ2n) is 6.52. The average Bonchev–Trinajstić information content (AvgIpc) is 3.03. The zero-order valence-electron chi connectivity index (χ0n) is 14.4. The Balaban J connectivity index is 1.71. The van der Waals surface area contributed by atoms with Crippen molar-refractivity contribution in [2.75, 3.05) is 0 Å². The number of hydrogen-bond acceptors (Lipinski definition) is 5. The van der Waals surface area contributed by atoms with Crippen molar-refractivity contribution in [2.24, 2.45) is 5.73 Å². The maximum absolute atomic E-state index is 12.6. The molecule has 0 saturated carbocycles. The van der Waals surface area contributed by atoms with E-state index >= 15 is 0 Å². The minimum absolute atomic E-state index is 0.00715. The molecular weight excluding hydrogens is 320 g/mol. The lowest BCUT2D eigenvalue weighted by atomic mass is 9.97. The maximum atomic E-state index is 12.6. The van der Waals surface area contributed by atoms with Crippen LogP contribution in [0.5, 0.6) is 0 Å². The van der Waals surface area contributed by atoms with E-state index in [1.807, 2.05) is 4.90 Å². The highest BCUT2D eigenvalue weighted by molar-refractivity contribution is 5.93. The molecule has 0 radical (unpaired) electrons. The summed E-state index contributed by atoms with van der Waals surface area (Å²) in [5.41, 5.74) is 6.35. The van der Waals surface area contributed by atoms with Gasteiger partial charge in [0.2, 0.25) is 17.6 Å². The number of hydrogen-bond donors (Lipinski definition) is 1. The lowest BCUT2D eigenvalue weighted by molar-refractivity contribution is -0.138. The number of rotatable bonds is 4. The lowest BCUT2D eigenvalue weighted by Crippen LogP contribution is -2.48. The van der Waals surface area contributed by atoms with Crippen LogP contribution in [0.3, 0.4) is 0 Å². The molecule has 0 unspecified atom stereocenters.